The van der Waals surface area contributed by atoms with Gasteiger partial charge in [-0.05, 0) is 17.7 Å². The molecule has 20 heavy (non-hydrogen) atoms. The van der Waals surface area contributed by atoms with Crippen LogP contribution in [0.25, 0.3) is 0 Å². The first kappa shape index (κ1) is 15.1. The number of benzene rings is 1. The van der Waals surface area contributed by atoms with E-state index in [9.17, 15) is 26.4 Å². The Morgan fingerprint density at radius 1 is 1.45 bits per heavy atom. The highest BCUT2D eigenvalue weighted by atomic mass is 35.7. The summed E-state index contributed by atoms with van der Waals surface area (Å²) in [4.78, 5) is 11.4. The van der Waals surface area contributed by atoms with Crippen LogP contribution in [-0.4, -0.2) is 26.8 Å². The molecule has 1 aliphatic heterocycles. The van der Waals surface area contributed by atoms with E-state index in [1.807, 2.05) is 0 Å². The summed E-state index contributed by atoms with van der Waals surface area (Å²) in [6.45, 7) is 1.07. The summed E-state index contributed by atoms with van der Waals surface area (Å²) in [5.74, 6) is -1.81. The Labute approximate surface area is 117 Å². The van der Waals surface area contributed by atoms with Gasteiger partial charge in [0.1, 0.15) is 16.8 Å². The number of anilines is 1. The molecule has 0 N–H and O–H groups in total. The molecule has 1 unspecified atom stereocenters. The summed E-state index contributed by atoms with van der Waals surface area (Å²) in [5.41, 5.74) is 0.0930. The van der Waals surface area contributed by atoms with E-state index in [1.165, 1.54) is 0 Å². The first-order valence-corrected chi connectivity index (χ1v) is 7.79. The summed E-state index contributed by atoms with van der Waals surface area (Å²) >= 11 is 0. The number of halogens is 4. The maximum absolute atomic E-state index is 13.6. The summed E-state index contributed by atoms with van der Waals surface area (Å²) in [6, 6.07) is 0.204. The second kappa shape index (κ2) is 4.92. The summed E-state index contributed by atoms with van der Waals surface area (Å²) in [5, 5.41) is 0. The van der Waals surface area contributed by atoms with Crippen molar-refractivity contribution in [3.8, 4) is 0 Å². The molecular weight excluding hydrogens is 319 g/mol. The lowest BCUT2D eigenvalue weighted by molar-refractivity contribution is -0.117. The number of alkyl halides is 2. The van der Waals surface area contributed by atoms with Gasteiger partial charge in [-0.15, -0.1) is 0 Å². The topological polar surface area (TPSA) is 54.5 Å². The van der Waals surface area contributed by atoms with E-state index in [2.05, 4.69) is 0 Å². The quantitative estimate of drug-likeness (QED) is 0.783. The normalized spacial score (nSPS) is 18.5. The Balaban J connectivity index is 2.63. The fourth-order valence-electron chi connectivity index (χ4n) is 2.26. The second-order valence-corrected chi connectivity index (χ2v) is 6.88. The number of amides is 1. The van der Waals surface area contributed by atoms with Crippen LogP contribution < -0.4 is 4.90 Å². The molecule has 1 heterocycles. The number of carbonyl (C=O) groups is 1. The number of nitrogens with zero attached hydrogens (tertiary/aromatic N) is 1. The standard InChI is InChI=1S/C11H9ClF3NO3S/c1-5(17)16-8-4-10(20(12,18)19)7(13)2-6(8)3-9(16)11(14)15/h2,4,9,11H,3H2,1H3. The Kier molecular flexibility index (Phi) is 3.72. The molecule has 0 radical (unpaired) electrons. The van der Waals surface area contributed by atoms with Gasteiger partial charge < -0.3 is 4.90 Å². The number of hydrogen-bond donors (Lipinski definition) is 0. The molecule has 1 atom stereocenters. The Morgan fingerprint density at radius 2 is 2.05 bits per heavy atom. The molecule has 4 nitrogen and oxygen atoms in total. The maximum Gasteiger partial charge on any atom is 0.264 e. The van der Waals surface area contributed by atoms with Crippen molar-refractivity contribution in [1.29, 1.82) is 0 Å². The van der Waals surface area contributed by atoms with Gasteiger partial charge in [0.2, 0.25) is 5.91 Å². The van der Waals surface area contributed by atoms with Crippen molar-refractivity contribution in [3.05, 3.63) is 23.5 Å². The third kappa shape index (κ3) is 2.49. The number of carbonyl (C=O) groups excluding carboxylic acids is 1. The average Bonchev–Trinajstić information content (AvgIpc) is 2.64. The number of fused-ring (bicyclic) bond motifs is 1. The molecule has 1 aromatic carbocycles. The van der Waals surface area contributed by atoms with Crippen LogP contribution in [0.5, 0.6) is 0 Å². The summed E-state index contributed by atoms with van der Waals surface area (Å²) in [6.07, 6.45) is -3.07. The first-order valence-electron chi connectivity index (χ1n) is 5.48. The molecule has 0 aliphatic carbocycles. The van der Waals surface area contributed by atoms with E-state index < -0.39 is 38.1 Å². The lowest BCUT2D eigenvalue weighted by atomic mass is 10.1. The van der Waals surface area contributed by atoms with Crippen molar-refractivity contribution in [1.82, 2.24) is 0 Å². The van der Waals surface area contributed by atoms with E-state index >= 15 is 0 Å². The molecule has 0 saturated heterocycles. The van der Waals surface area contributed by atoms with Gasteiger partial charge in [-0.25, -0.2) is 21.6 Å². The Morgan fingerprint density at radius 3 is 2.50 bits per heavy atom. The predicted molar refractivity (Wildman–Crippen MR) is 66.1 cm³/mol. The largest absolute Gasteiger partial charge is 0.303 e. The van der Waals surface area contributed by atoms with Gasteiger partial charge in [-0.3, -0.25) is 4.79 Å². The van der Waals surface area contributed by atoms with Gasteiger partial charge in [0.25, 0.3) is 15.5 Å². The van der Waals surface area contributed by atoms with Gasteiger partial charge in [0.15, 0.2) is 0 Å². The van der Waals surface area contributed by atoms with Crippen LogP contribution in [0.4, 0.5) is 18.9 Å². The maximum atomic E-state index is 13.6. The lowest BCUT2D eigenvalue weighted by Crippen LogP contribution is -2.40. The zero-order valence-corrected chi connectivity index (χ0v) is 11.7. The second-order valence-electron chi connectivity index (χ2n) is 4.34. The molecule has 0 saturated carbocycles. The van der Waals surface area contributed by atoms with Crippen molar-refractivity contribution in [2.45, 2.75) is 30.7 Å². The average molecular weight is 328 g/mol. The third-order valence-corrected chi connectivity index (χ3v) is 4.38. The number of hydrogen-bond acceptors (Lipinski definition) is 3. The van der Waals surface area contributed by atoms with Gasteiger partial charge in [-0.2, -0.15) is 0 Å². The molecule has 9 heteroatoms. The molecule has 0 spiro atoms. The minimum absolute atomic E-state index is 0.0524. The van der Waals surface area contributed by atoms with Gasteiger partial charge in [-0.1, -0.05) is 0 Å². The zero-order valence-electron chi connectivity index (χ0n) is 10.1. The van der Waals surface area contributed by atoms with Gasteiger partial charge in [0.05, 0.1) is 0 Å². The highest BCUT2D eigenvalue weighted by molar-refractivity contribution is 8.13. The molecular formula is C11H9ClF3NO3S. The van der Waals surface area contributed by atoms with E-state index in [0.717, 1.165) is 24.0 Å². The fourth-order valence-corrected chi connectivity index (χ4v) is 3.16. The van der Waals surface area contributed by atoms with Crippen molar-refractivity contribution in [2.75, 3.05) is 4.90 Å². The molecule has 1 aromatic rings. The lowest BCUT2D eigenvalue weighted by Gasteiger charge is -2.23. The van der Waals surface area contributed by atoms with Crippen LogP contribution in [0, 0.1) is 5.82 Å². The highest BCUT2D eigenvalue weighted by Gasteiger charge is 2.39. The Hall–Kier alpha value is -1.28. The molecule has 1 aliphatic rings. The SMILES string of the molecule is CC(=O)N1c2cc(S(=O)(=O)Cl)c(F)cc2CC1C(F)F. The monoisotopic (exact) mass is 327 g/mol. The van der Waals surface area contributed by atoms with E-state index in [1.54, 1.807) is 0 Å². The van der Waals surface area contributed by atoms with Crippen LogP contribution in [0.2, 0.25) is 0 Å². The Bertz CT molecular complexity index is 678. The summed E-state index contributed by atoms with van der Waals surface area (Å²) < 4.78 is 61.9. The molecule has 0 bridgehead atoms. The van der Waals surface area contributed by atoms with Crippen molar-refractivity contribution >= 4 is 31.3 Å². The van der Waals surface area contributed by atoms with E-state index in [4.69, 9.17) is 10.7 Å². The number of rotatable bonds is 2. The highest BCUT2D eigenvalue weighted by Crippen LogP contribution is 2.38. The van der Waals surface area contributed by atoms with E-state index in [-0.39, 0.29) is 17.7 Å². The fraction of sp³-hybridized carbons (Fsp3) is 0.364. The van der Waals surface area contributed by atoms with Crippen LogP contribution in [0.15, 0.2) is 17.0 Å². The zero-order chi connectivity index (χ0) is 15.2. The van der Waals surface area contributed by atoms with Crippen LogP contribution in [0.3, 0.4) is 0 Å². The molecule has 1 amide bonds. The minimum atomic E-state index is -4.37. The summed E-state index contributed by atoms with van der Waals surface area (Å²) in [7, 11) is 0.702. The molecule has 110 valence electrons. The van der Waals surface area contributed by atoms with Crippen molar-refractivity contribution in [2.24, 2.45) is 0 Å². The van der Waals surface area contributed by atoms with Crippen molar-refractivity contribution in [3.63, 3.8) is 0 Å². The van der Waals surface area contributed by atoms with E-state index in [0.29, 0.717) is 0 Å². The van der Waals surface area contributed by atoms with Crippen LogP contribution in [0.1, 0.15) is 12.5 Å². The van der Waals surface area contributed by atoms with Gasteiger partial charge >= 0.3 is 0 Å². The van der Waals surface area contributed by atoms with Crippen LogP contribution in [-0.2, 0) is 20.3 Å². The molecule has 0 aromatic heterocycles. The molecule has 0 fully saturated rings. The first-order chi connectivity index (χ1) is 9.12. The minimum Gasteiger partial charge on any atom is -0.303 e. The smallest absolute Gasteiger partial charge is 0.264 e. The molecule has 2 rings (SSSR count). The van der Waals surface area contributed by atoms with Crippen LogP contribution >= 0.6 is 10.7 Å². The van der Waals surface area contributed by atoms with Crippen molar-refractivity contribution < 1.29 is 26.4 Å². The third-order valence-electron chi connectivity index (χ3n) is 3.05. The van der Waals surface area contributed by atoms with Gasteiger partial charge in [0, 0.05) is 29.7 Å². The predicted octanol–water partition coefficient (Wildman–Crippen LogP) is 2.30.